The van der Waals surface area contributed by atoms with Crippen LogP contribution in [0.4, 0.5) is 11.4 Å². The molecule has 2 atom stereocenters. The summed E-state index contributed by atoms with van der Waals surface area (Å²) in [6.07, 6.45) is 3.78. The number of hydrogen-bond acceptors (Lipinski definition) is 7. The van der Waals surface area contributed by atoms with Gasteiger partial charge < -0.3 is 29.8 Å². The van der Waals surface area contributed by atoms with Crippen molar-refractivity contribution in [3.63, 3.8) is 0 Å². The zero-order valence-electron chi connectivity index (χ0n) is 21.9. The average Bonchev–Trinajstić information content (AvgIpc) is 3.49. The van der Waals surface area contributed by atoms with Crippen molar-refractivity contribution in [2.75, 3.05) is 24.4 Å². The largest absolute Gasteiger partial charge is 0.464 e. The topological polar surface area (TPSA) is 115 Å². The van der Waals surface area contributed by atoms with E-state index >= 15 is 0 Å². The number of aromatic nitrogens is 2. The molecule has 3 aromatic rings. The van der Waals surface area contributed by atoms with Crippen LogP contribution in [0.1, 0.15) is 56.1 Å². The number of nitrogens with one attached hydrogen (secondary N) is 2. The first kappa shape index (κ1) is 26.6. The van der Waals surface area contributed by atoms with Gasteiger partial charge in [-0.3, -0.25) is 4.79 Å². The second kappa shape index (κ2) is 11.3. The number of esters is 1. The Morgan fingerprint density at radius 2 is 2.05 bits per heavy atom. The molecule has 1 amide bonds. The van der Waals surface area contributed by atoms with Crippen molar-refractivity contribution in [2.24, 2.45) is 0 Å². The summed E-state index contributed by atoms with van der Waals surface area (Å²) in [5.41, 5.74) is 2.18. The number of benzene rings is 1. The van der Waals surface area contributed by atoms with Crippen molar-refractivity contribution in [1.82, 2.24) is 9.55 Å². The van der Waals surface area contributed by atoms with Gasteiger partial charge in [-0.05, 0) is 58.1 Å². The van der Waals surface area contributed by atoms with Crippen molar-refractivity contribution < 1.29 is 24.2 Å². The Morgan fingerprint density at radius 3 is 2.70 bits per heavy atom. The van der Waals surface area contributed by atoms with Gasteiger partial charge in [0.2, 0.25) is 0 Å². The number of fused-ring (bicyclic) bond motifs is 1. The molecule has 3 heterocycles. The summed E-state index contributed by atoms with van der Waals surface area (Å²) in [5.74, 6) is -0.850. The SMILES string of the molecule is COC(=O)c1c(NC(=O)C2CCCO2)c2cc(NC(C)CC(C)(C)O)cnc2n1CCc1ccccc1. The molecule has 9 heteroatoms. The molecule has 2 aromatic heterocycles. The third-order valence-electron chi connectivity index (χ3n) is 6.43. The second-order valence-electron chi connectivity index (χ2n) is 10.3. The molecule has 4 rings (SSSR count). The Morgan fingerprint density at radius 1 is 1.30 bits per heavy atom. The quantitative estimate of drug-likeness (QED) is 0.353. The average molecular weight is 509 g/mol. The highest BCUT2D eigenvalue weighted by molar-refractivity contribution is 6.12. The van der Waals surface area contributed by atoms with Gasteiger partial charge in [0.05, 0.1) is 30.3 Å². The number of anilines is 2. The number of nitrogens with zero attached hydrogens (tertiary/aromatic N) is 2. The van der Waals surface area contributed by atoms with Crippen LogP contribution < -0.4 is 10.6 Å². The molecule has 0 radical (unpaired) electrons. The first-order valence-corrected chi connectivity index (χ1v) is 12.7. The molecule has 1 fully saturated rings. The molecule has 198 valence electrons. The number of carbonyl (C=O) groups is 2. The Balaban J connectivity index is 1.76. The molecular weight excluding hydrogens is 472 g/mol. The number of ether oxygens (including phenoxy) is 2. The number of amides is 1. The number of hydrogen-bond donors (Lipinski definition) is 3. The molecule has 1 aliphatic heterocycles. The van der Waals surface area contributed by atoms with Gasteiger partial charge in [0.1, 0.15) is 11.8 Å². The summed E-state index contributed by atoms with van der Waals surface area (Å²) in [6.45, 7) is 6.51. The van der Waals surface area contributed by atoms with Gasteiger partial charge in [-0.15, -0.1) is 0 Å². The van der Waals surface area contributed by atoms with Gasteiger partial charge in [-0.2, -0.15) is 0 Å². The number of carbonyl (C=O) groups excluding carboxylic acids is 2. The summed E-state index contributed by atoms with van der Waals surface area (Å²) in [7, 11) is 1.33. The van der Waals surface area contributed by atoms with E-state index in [1.54, 1.807) is 20.0 Å². The van der Waals surface area contributed by atoms with Crippen LogP contribution in [0.3, 0.4) is 0 Å². The van der Waals surface area contributed by atoms with Crippen LogP contribution in [0, 0.1) is 0 Å². The molecule has 1 saturated heterocycles. The third-order valence-corrected chi connectivity index (χ3v) is 6.43. The van der Waals surface area contributed by atoms with E-state index in [9.17, 15) is 14.7 Å². The monoisotopic (exact) mass is 508 g/mol. The highest BCUT2D eigenvalue weighted by Crippen LogP contribution is 2.34. The number of rotatable bonds is 10. The summed E-state index contributed by atoms with van der Waals surface area (Å²) in [6, 6.07) is 11.8. The third kappa shape index (κ3) is 6.47. The fourth-order valence-corrected chi connectivity index (χ4v) is 4.92. The maximum atomic E-state index is 13.1. The Labute approximate surface area is 217 Å². The Bertz CT molecular complexity index is 1240. The minimum atomic E-state index is -0.830. The van der Waals surface area contributed by atoms with Gasteiger partial charge >= 0.3 is 5.97 Å². The van der Waals surface area contributed by atoms with Crippen LogP contribution in [0.5, 0.6) is 0 Å². The molecule has 2 unspecified atom stereocenters. The first-order valence-electron chi connectivity index (χ1n) is 12.7. The van der Waals surface area contributed by atoms with Gasteiger partial charge in [0.25, 0.3) is 5.91 Å². The smallest absolute Gasteiger partial charge is 0.356 e. The highest BCUT2D eigenvalue weighted by atomic mass is 16.5. The fraction of sp³-hybridized carbons (Fsp3) is 0.464. The zero-order valence-corrected chi connectivity index (χ0v) is 21.9. The summed E-state index contributed by atoms with van der Waals surface area (Å²) in [4.78, 5) is 30.8. The zero-order chi connectivity index (χ0) is 26.6. The van der Waals surface area contributed by atoms with E-state index in [2.05, 4.69) is 10.6 Å². The summed E-state index contributed by atoms with van der Waals surface area (Å²) in [5, 5.41) is 17.1. The summed E-state index contributed by atoms with van der Waals surface area (Å²) >= 11 is 0. The molecular formula is C28H36N4O5. The first-order chi connectivity index (χ1) is 17.7. The Hall–Kier alpha value is -3.43. The molecule has 9 nitrogen and oxygen atoms in total. The molecule has 0 bridgehead atoms. The van der Waals surface area contributed by atoms with Crippen LogP contribution in [0.2, 0.25) is 0 Å². The maximum absolute atomic E-state index is 13.1. The predicted octanol–water partition coefficient (Wildman–Crippen LogP) is 4.14. The van der Waals surface area contributed by atoms with Gasteiger partial charge in [0, 0.05) is 24.6 Å². The molecule has 3 N–H and O–H groups in total. The van der Waals surface area contributed by atoms with E-state index < -0.39 is 17.7 Å². The van der Waals surface area contributed by atoms with E-state index in [-0.39, 0.29) is 17.6 Å². The van der Waals surface area contributed by atoms with Crippen LogP contribution in [0.15, 0.2) is 42.6 Å². The molecule has 1 aliphatic rings. The predicted molar refractivity (Wildman–Crippen MR) is 143 cm³/mol. The minimum absolute atomic E-state index is 0.0376. The minimum Gasteiger partial charge on any atom is -0.464 e. The van der Waals surface area contributed by atoms with Crippen molar-refractivity contribution in [3.8, 4) is 0 Å². The molecule has 1 aromatic carbocycles. The standard InChI is InChI=1S/C28H36N4O5/c1-18(16-28(2,3)35)30-20-15-21-23(31-26(33)22-11-8-14-37-22)24(27(34)36-4)32(25(21)29-17-20)13-12-19-9-6-5-7-10-19/h5-7,9-10,15,17-18,22,30,35H,8,11-14,16H2,1-4H3,(H,31,33). The van der Waals surface area contributed by atoms with Gasteiger partial charge in [-0.25, -0.2) is 9.78 Å². The second-order valence-corrected chi connectivity index (χ2v) is 10.3. The fourth-order valence-electron chi connectivity index (χ4n) is 4.92. The van der Waals surface area contributed by atoms with E-state index in [1.807, 2.05) is 47.9 Å². The van der Waals surface area contributed by atoms with Crippen LogP contribution in [-0.2, 0) is 27.2 Å². The van der Waals surface area contributed by atoms with E-state index in [0.29, 0.717) is 54.8 Å². The number of pyridine rings is 1. The van der Waals surface area contributed by atoms with Crippen molar-refractivity contribution >= 4 is 34.3 Å². The number of aryl methyl sites for hydroxylation is 2. The normalized spacial score (nSPS) is 16.5. The number of aliphatic hydroxyl groups is 1. The van der Waals surface area contributed by atoms with Gasteiger partial charge in [0.15, 0.2) is 5.69 Å². The van der Waals surface area contributed by atoms with Crippen molar-refractivity contribution in [2.45, 2.75) is 70.7 Å². The van der Waals surface area contributed by atoms with E-state index in [1.165, 1.54) is 7.11 Å². The maximum Gasteiger partial charge on any atom is 0.356 e. The van der Waals surface area contributed by atoms with Crippen LogP contribution in [-0.4, -0.2) is 58.0 Å². The molecule has 0 saturated carbocycles. The van der Waals surface area contributed by atoms with Crippen LogP contribution >= 0.6 is 0 Å². The molecule has 0 spiro atoms. The molecule has 37 heavy (non-hydrogen) atoms. The van der Waals surface area contributed by atoms with Crippen molar-refractivity contribution in [1.29, 1.82) is 0 Å². The highest BCUT2D eigenvalue weighted by Gasteiger charge is 2.30. The lowest BCUT2D eigenvalue weighted by atomic mass is 10.0. The lowest BCUT2D eigenvalue weighted by Gasteiger charge is -2.23. The lowest BCUT2D eigenvalue weighted by Crippen LogP contribution is -2.29. The van der Waals surface area contributed by atoms with Crippen LogP contribution in [0.25, 0.3) is 11.0 Å². The van der Waals surface area contributed by atoms with Crippen molar-refractivity contribution in [3.05, 3.63) is 53.9 Å². The van der Waals surface area contributed by atoms with Gasteiger partial charge in [-0.1, -0.05) is 30.3 Å². The van der Waals surface area contributed by atoms with E-state index in [0.717, 1.165) is 12.0 Å². The number of methoxy groups -OCH3 is 1. The molecule has 0 aliphatic carbocycles. The Kier molecular flexibility index (Phi) is 8.14. The summed E-state index contributed by atoms with van der Waals surface area (Å²) < 4.78 is 12.5. The van der Waals surface area contributed by atoms with E-state index in [4.69, 9.17) is 14.5 Å². The lowest BCUT2D eigenvalue weighted by molar-refractivity contribution is -0.124.